The predicted octanol–water partition coefficient (Wildman–Crippen LogP) is 4.71. The summed E-state index contributed by atoms with van der Waals surface area (Å²) in [6.45, 7) is 0.385. The summed E-state index contributed by atoms with van der Waals surface area (Å²) in [5.41, 5.74) is 2.06. The molecule has 0 unspecified atom stereocenters. The van der Waals surface area contributed by atoms with Crippen molar-refractivity contribution >= 4 is 52.3 Å². The van der Waals surface area contributed by atoms with Gasteiger partial charge in [-0.05, 0) is 42.0 Å². The fraction of sp³-hybridized carbons (Fsp3) is 0.0417. The predicted molar refractivity (Wildman–Crippen MR) is 125 cm³/mol. The van der Waals surface area contributed by atoms with Crippen molar-refractivity contribution < 1.29 is 14.4 Å². The van der Waals surface area contributed by atoms with Gasteiger partial charge in [-0.25, -0.2) is 4.90 Å². The molecule has 32 heavy (non-hydrogen) atoms. The molecule has 1 heterocycles. The second-order valence-electron chi connectivity index (χ2n) is 6.99. The zero-order chi connectivity index (χ0) is 22.7. The van der Waals surface area contributed by atoms with Crippen molar-refractivity contribution in [2.75, 3.05) is 10.2 Å². The van der Waals surface area contributed by atoms with Gasteiger partial charge < -0.3 is 10.6 Å². The van der Waals surface area contributed by atoms with Crippen LogP contribution in [-0.4, -0.2) is 17.7 Å². The van der Waals surface area contributed by atoms with Gasteiger partial charge in [-0.2, -0.15) is 0 Å². The number of imide groups is 1. The van der Waals surface area contributed by atoms with Crippen molar-refractivity contribution in [2.45, 2.75) is 6.54 Å². The lowest BCUT2D eigenvalue weighted by molar-refractivity contribution is -0.120. The van der Waals surface area contributed by atoms with Crippen molar-refractivity contribution in [3.8, 4) is 0 Å². The number of amides is 3. The molecule has 2 N–H and O–H groups in total. The Labute approximate surface area is 194 Å². The second-order valence-corrected chi connectivity index (χ2v) is 7.80. The van der Waals surface area contributed by atoms with Gasteiger partial charge in [0.15, 0.2) is 0 Å². The third-order valence-corrected chi connectivity index (χ3v) is 5.37. The number of hydrogen-bond acceptors (Lipinski definition) is 4. The molecule has 4 rings (SSSR count). The van der Waals surface area contributed by atoms with Gasteiger partial charge in [-0.3, -0.25) is 14.4 Å². The molecule has 0 saturated carbocycles. The van der Waals surface area contributed by atoms with E-state index in [-0.39, 0.29) is 16.6 Å². The quantitative estimate of drug-likeness (QED) is 0.516. The molecule has 0 bridgehead atoms. The lowest BCUT2D eigenvalue weighted by Gasteiger charge is -2.15. The molecule has 1 aliphatic rings. The molecule has 0 radical (unpaired) electrons. The Morgan fingerprint density at radius 1 is 0.844 bits per heavy atom. The fourth-order valence-electron chi connectivity index (χ4n) is 3.22. The number of benzene rings is 3. The SMILES string of the molecule is O=C(NCc1ccccc1)c1cccc(NC2=C(Cl)C(=O)N(c3cccc(Cl)c3)C2=O)c1. The molecular formula is C24H17Cl2N3O3. The van der Waals surface area contributed by atoms with E-state index in [1.54, 1.807) is 42.5 Å². The van der Waals surface area contributed by atoms with Crippen molar-refractivity contribution in [1.82, 2.24) is 5.32 Å². The Hall–Kier alpha value is -3.61. The topological polar surface area (TPSA) is 78.5 Å². The van der Waals surface area contributed by atoms with E-state index in [4.69, 9.17) is 23.2 Å². The number of carbonyl (C=O) groups is 3. The monoisotopic (exact) mass is 465 g/mol. The van der Waals surface area contributed by atoms with E-state index < -0.39 is 11.8 Å². The molecule has 6 nitrogen and oxygen atoms in total. The third kappa shape index (κ3) is 4.51. The van der Waals surface area contributed by atoms with Crippen LogP contribution in [0.1, 0.15) is 15.9 Å². The lowest BCUT2D eigenvalue weighted by atomic mass is 10.1. The maximum absolute atomic E-state index is 12.9. The highest BCUT2D eigenvalue weighted by molar-refractivity contribution is 6.53. The number of nitrogens with zero attached hydrogens (tertiary/aromatic N) is 1. The first-order valence-electron chi connectivity index (χ1n) is 9.67. The molecular weight excluding hydrogens is 449 g/mol. The Bertz CT molecular complexity index is 1240. The van der Waals surface area contributed by atoms with Crippen LogP contribution >= 0.6 is 23.2 Å². The van der Waals surface area contributed by atoms with Gasteiger partial charge in [0.25, 0.3) is 17.7 Å². The van der Waals surface area contributed by atoms with Crippen LogP contribution in [0.15, 0.2) is 89.6 Å². The number of anilines is 2. The molecule has 8 heteroatoms. The molecule has 3 amide bonds. The average molecular weight is 466 g/mol. The largest absolute Gasteiger partial charge is 0.350 e. The van der Waals surface area contributed by atoms with Crippen LogP contribution in [-0.2, 0) is 16.1 Å². The third-order valence-electron chi connectivity index (χ3n) is 4.78. The van der Waals surface area contributed by atoms with E-state index >= 15 is 0 Å². The van der Waals surface area contributed by atoms with Crippen LogP contribution in [0.3, 0.4) is 0 Å². The molecule has 160 valence electrons. The summed E-state index contributed by atoms with van der Waals surface area (Å²) in [6.07, 6.45) is 0. The molecule has 0 spiro atoms. The summed E-state index contributed by atoms with van der Waals surface area (Å²) in [5, 5.41) is 5.87. The number of hydrogen-bond donors (Lipinski definition) is 2. The zero-order valence-corrected chi connectivity index (χ0v) is 18.2. The molecule has 0 aliphatic carbocycles. The van der Waals surface area contributed by atoms with Gasteiger partial charge in [0, 0.05) is 22.8 Å². The Balaban J connectivity index is 1.50. The summed E-state index contributed by atoms with van der Waals surface area (Å²) >= 11 is 12.2. The van der Waals surface area contributed by atoms with Crippen LogP contribution < -0.4 is 15.5 Å². The van der Waals surface area contributed by atoms with Crippen LogP contribution in [0, 0.1) is 0 Å². The minimum atomic E-state index is -0.654. The number of carbonyl (C=O) groups excluding carboxylic acids is 3. The van der Waals surface area contributed by atoms with Crippen molar-refractivity contribution in [2.24, 2.45) is 0 Å². The summed E-state index contributed by atoms with van der Waals surface area (Å²) in [4.78, 5) is 39.0. The molecule has 0 saturated heterocycles. The highest BCUT2D eigenvalue weighted by Crippen LogP contribution is 2.31. The molecule has 1 aliphatic heterocycles. The molecule has 3 aromatic rings. The Morgan fingerprint density at radius 2 is 1.59 bits per heavy atom. The van der Waals surface area contributed by atoms with E-state index in [0.717, 1.165) is 10.5 Å². The van der Waals surface area contributed by atoms with Gasteiger partial charge in [0.05, 0.1) is 5.69 Å². The fourth-order valence-corrected chi connectivity index (χ4v) is 3.62. The highest BCUT2D eigenvalue weighted by atomic mass is 35.5. The Morgan fingerprint density at radius 3 is 2.34 bits per heavy atom. The lowest BCUT2D eigenvalue weighted by Crippen LogP contribution is -2.32. The average Bonchev–Trinajstić information content (AvgIpc) is 3.01. The summed E-state index contributed by atoms with van der Waals surface area (Å²) in [7, 11) is 0. The maximum Gasteiger partial charge on any atom is 0.283 e. The van der Waals surface area contributed by atoms with E-state index in [9.17, 15) is 14.4 Å². The van der Waals surface area contributed by atoms with Crippen molar-refractivity contribution in [1.29, 1.82) is 0 Å². The van der Waals surface area contributed by atoms with Crippen LogP contribution in [0.25, 0.3) is 0 Å². The van der Waals surface area contributed by atoms with Gasteiger partial charge >= 0.3 is 0 Å². The molecule has 0 aromatic heterocycles. The van der Waals surface area contributed by atoms with Crippen molar-refractivity contribution in [3.05, 3.63) is 106 Å². The summed E-state index contributed by atoms with van der Waals surface area (Å²) in [6, 6.07) is 22.5. The number of rotatable bonds is 6. The smallest absolute Gasteiger partial charge is 0.283 e. The summed E-state index contributed by atoms with van der Waals surface area (Å²) < 4.78 is 0. The first-order valence-corrected chi connectivity index (χ1v) is 10.4. The standard InChI is InChI=1S/C24H17Cl2N3O3/c25-17-9-5-11-19(13-17)29-23(31)20(26)21(24(29)32)28-18-10-4-8-16(12-18)22(30)27-14-15-6-2-1-3-7-15/h1-13,28H,14H2,(H,27,30). The zero-order valence-electron chi connectivity index (χ0n) is 16.6. The van der Waals surface area contributed by atoms with Gasteiger partial charge in [0.1, 0.15) is 10.7 Å². The van der Waals surface area contributed by atoms with Crippen LogP contribution in [0.2, 0.25) is 5.02 Å². The van der Waals surface area contributed by atoms with Gasteiger partial charge in [0.2, 0.25) is 0 Å². The highest BCUT2D eigenvalue weighted by Gasteiger charge is 2.39. The first kappa shape index (κ1) is 21.6. The first-order chi connectivity index (χ1) is 15.4. The minimum Gasteiger partial charge on any atom is -0.350 e. The van der Waals surface area contributed by atoms with E-state index in [1.165, 1.54) is 6.07 Å². The van der Waals surface area contributed by atoms with Crippen LogP contribution in [0.4, 0.5) is 11.4 Å². The van der Waals surface area contributed by atoms with E-state index in [0.29, 0.717) is 28.5 Å². The summed E-state index contributed by atoms with van der Waals surface area (Å²) in [5.74, 6) is -1.54. The molecule has 0 atom stereocenters. The normalized spacial score (nSPS) is 13.5. The van der Waals surface area contributed by atoms with Crippen molar-refractivity contribution in [3.63, 3.8) is 0 Å². The molecule has 0 fully saturated rings. The number of nitrogens with one attached hydrogen (secondary N) is 2. The van der Waals surface area contributed by atoms with E-state index in [2.05, 4.69) is 10.6 Å². The van der Waals surface area contributed by atoms with Gasteiger partial charge in [-0.15, -0.1) is 0 Å². The van der Waals surface area contributed by atoms with E-state index in [1.807, 2.05) is 30.3 Å². The van der Waals surface area contributed by atoms with Gasteiger partial charge in [-0.1, -0.05) is 65.7 Å². The number of halogens is 2. The molecule has 3 aromatic carbocycles. The Kier molecular flexibility index (Phi) is 6.25. The maximum atomic E-state index is 12.9. The minimum absolute atomic E-state index is 0.0708. The van der Waals surface area contributed by atoms with Crippen LogP contribution in [0.5, 0.6) is 0 Å². The second kappa shape index (κ2) is 9.26.